The molecule has 0 fully saturated rings. The molecule has 1 aromatic heterocycles. The third kappa shape index (κ3) is 3.00. The zero-order valence-corrected chi connectivity index (χ0v) is 8.56. The third-order valence-electron chi connectivity index (χ3n) is 1.58. The number of nitrogens with zero attached hydrogens (tertiary/aromatic N) is 5. The first-order chi connectivity index (χ1) is 6.59. The van der Waals surface area contributed by atoms with E-state index in [9.17, 15) is 4.79 Å². The Morgan fingerprint density at radius 1 is 1.57 bits per heavy atom. The Morgan fingerprint density at radius 2 is 2.29 bits per heavy atom. The van der Waals surface area contributed by atoms with Gasteiger partial charge in [0.05, 0.1) is 7.05 Å². The summed E-state index contributed by atoms with van der Waals surface area (Å²) in [6.07, 6.45) is 0.591. The number of tetrazole rings is 1. The van der Waals surface area contributed by atoms with Gasteiger partial charge in [-0.15, -0.1) is 10.2 Å². The van der Waals surface area contributed by atoms with Crippen molar-refractivity contribution in [3.63, 3.8) is 0 Å². The van der Waals surface area contributed by atoms with Gasteiger partial charge in [-0.1, -0.05) is 0 Å². The summed E-state index contributed by atoms with van der Waals surface area (Å²) in [4.78, 5) is 14.0. The summed E-state index contributed by atoms with van der Waals surface area (Å²) >= 11 is 0. The normalized spacial score (nSPS) is 9.93. The number of rotatable bonds is 3. The molecule has 0 aliphatic carbocycles. The van der Waals surface area contributed by atoms with E-state index in [1.807, 2.05) is 0 Å². The molecule has 0 spiro atoms. The summed E-state index contributed by atoms with van der Waals surface area (Å²) in [7, 11) is 5.08. The smallest absolute Gasteiger partial charge is 0.316 e. The van der Waals surface area contributed by atoms with E-state index in [1.54, 1.807) is 21.1 Å². The van der Waals surface area contributed by atoms with Crippen LogP contribution in [0.15, 0.2) is 0 Å². The number of nitrogens with one attached hydrogen (secondary N) is 1. The lowest BCUT2D eigenvalue weighted by molar-refractivity contribution is 0.217. The van der Waals surface area contributed by atoms with Gasteiger partial charge in [0.1, 0.15) is 0 Å². The van der Waals surface area contributed by atoms with E-state index >= 15 is 0 Å². The van der Waals surface area contributed by atoms with E-state index in [0.717, 1.165) is 0 Å². The predicted molar refractivity (Wildman–Crippen MR) is 49.6 cm³/mol. The van der Waals surface area contributed by atoms with Crippen LogP contribution >= 0.6 is 0 Å². The molecule has 7 heteroatoms. The fourth-order valence-corrected chi connectivity index (χ4v) is 0.863. The molecule has 0 radical (unpaired) electrons. The summed E-state index contributed by atoms with van der Waals surface area (Å²) in [5, 5.41) is 14.2. The van der Waals surface area contributed by atoms with Crippen LogP contribution < -0.4 is 5.32 Å². The molecule has 0 saturated carbocycles. The average molecular weight is 198 g/mol. The number of aryl methyl sites for hydroxylation is 1. The highest BCUT2D eigenvalue weighted by Gasteiger charge is 2.03. The Kier molecular flexibility index (Phi) is 3.38. The van der Waals surface area contributed by atoms with E-state index in [2.05, 4.69) is 20.7 Å². The molecule has 0 aliphatic rings. The molecule has 1 rings (SSSR count). The summed E-state index contributed by atoms with van der Waals surface area (Å²) in [5.41, 5.74) is 0. The van der Waals surface area contributed by atoms with Crippen LogP contribution in [-0.2, 0) is 13.5 Å². The molecule has 1 N–H and O–H groups in total. The van der Waals surface area contributed by atoms with Crippen molar-refractivity contribution in [3.8, 4) is 0 Å². The van der Waals surface area contributed by atoms with E-state index in [1.165, 1.54) is 9.70 Å². The lowest BCUT2D eigenvalue weighted by Gasteiger charge is -2.10. The number of carbonyl (C=O) groups is 1. The molecule has 1 heterocycles. The number of aromatic nitrogens is 4. The molecule has 0 unspecified atom stereocenters. The first-order valence-corrected chi connectivity index (χ1v) is 4.27. The van der Waals surface area contributed by atoms with Crippen LogP contribution in [-0.4, -0.2) is 51.8 Å². The molecular formula is C7H14N6O. The predicted octanol–water partition coefficient (Wildman–Crippen LogP) is -0.976. The van der Waals surface area contributed by atoms with Gasteiger partial charge in [-0.2, -0.15) is 4.80 Å². The van der Waals surface area contributed by atoms with Crippen LogP contribution in [0.1, 0.15) is 5.82 Å². The minimum atomic E-state index is -0.117. The van der Waals surface area contributed by atoms with Crippen molar-refractivity contribution in [2.45, 2.75) is 6.42 Å². The zero-order valence-electron chi connectivity index (χ0n) is 8.56. The zero-order chi connectivity index (χ0) is 10.6. The van der Waals surface area contributed by atoms with Crippen molar-refractivity contribution in [2.75, 3.05) is 20.6 Å². The second-order valence-electron chi connectivity index (χ2n) is 3.07. The van der Waals surface area contributed by atoms with Crippen molar-refractivity contribution in [1.29, 1.82) is 0 Å². The van der Waals surface area contributed by atoms with E-state index in [0.29, 0.717) is 18.8 Å². The Balaban J connectivity index is 2.25. The molecule has 2 amide bonds. The molecule has 78 valence electrons. The fraction of sp³-hybridized carbons (Fsp3) is 0.714. The summed E-state index contributed by atoms with van der Waals surface area (Å²) < 4.78 is 0. The van der Waals surface area contributed by atoms with Crippen LogP contribution in [0.5, 0.6) is 0 Å². The molecule has 7 nitrogen and oxygen atoms in total. The SMILES string of the molecule is CN(C)C(=O)NCCc1nnn(C)n1. The van der Waals surface area contributed by atoms with Crippen molar-refractivity contribution >= 4 is 6.03 Å². The number of urea groups is 1. The Hall–Kier alpha value is -1.66. The molecule has 0 bridgehead atoms. The molecule has 0 atom stereocenters. The number of carbonyl (C=O) groups excluding carboxylic acids is 1. The van der Waals surface area contributed by atoms with Crippen LogP contribution in [0, 0.1) is 0 Å². The standard InChI is InChI=1S/C7H14N6O/c1-12(2)7(14)8-5-4-6-9-11-13(3)10-6/h4-5H2,1-3H3,(H,8,14). The van der Waals surface area contributed by atoms with E-state index in [-0.39, 0.29) is 6.03 Å². The molecule has 0 saturated heterocycles. The van der Waals surface area contributed by atoms with Gasteiger partial charge in [-0.3, -0.25) is 0 Å². The minimum absolute atomic E-state index is 0.117. The maximum Gasteiger partial charge on any atom is 0.316 e. The van der Waals surface area contributed by atoms with Gasteiger partial charge in [0.25, 0.3) is 0 Å². The highest BCUT2D eigenvalue weighted by Crippen LogP contribution is 1.86. The van der Waals surface area contributed by atoms with Gasteiger partial charge in [0.15, 0.2) is 5.82 Å². The number of amides is 2. The van der Waals surface area contributed by atoms with Crippen LogP contribution in [0.25, 0.3) is 0 Å². The number of hydrogen-bond acceptors (Lipinski definition) is 4. The van der Waals surface area contributed by atoms with Crippen LogP contribution in [0.2, 0.25) is 0 Å². The third-order valence-corrected chi connectivity index (χ3v) is 1.58. The summed E-state index contributed by atoms with van der Waals surface area (Å²) in [6, 6.07) is -0.117. The van der Waals surface area contributed by atoms with Gasteiger partial charge in [0.2, 0.25) is 0 Å². The Labute approximate surface area is 82.1 Å². The fourth-order valence-electron chi connectivity index (χ4n) is 0.863. The highest BCUT2D eigenvalue weighted by atomic mass is 16.2. The Morgan fingerprint density at radius 3 is 2.79 bits per heavy atom. The minimum Gasteiger partial charge on any atom is -0.338 e. The first-order valence-electron chi connectivity index (χ1n) is 4.27. The molecule has 0 aliphatic heterocycles. The lowest BCUT2D eigenvalue weighted by Crippen LogP contribution is -2.35. The molecule has 14 heavy (non-hydrogen) atoms. The molecule has 0 aromatic carbocycles. The second kappa shape index (κ2) is 4.54. The van der Waals surface area contributed by atoms with Crippen molar-refractivity contribution in [2.24, 2.45) is 7.05 Å². The Bertz CT molecular complexity index is 307. The monoisotopic (exact) mass is 198 g/mol. The average Bonchev–Trinajstić information content (AvgIpc) is 2.51. The lowest BCUT2D eigenvalue weighted by atomic mass is 10.4. The summed E-state index contributed by atoms with van der Waals surface area (Å²) in [6.45, 7) is 0.517. The number of hydrogen-bond donors (Lipinski definition) is 1. The maximum atomic E-state index is 11.1. The highest BCUT2D eigenvalue weighted by molar-refractivity contribution is 5.73. The molecule has 1 aromatic rings. The van der Waals surface area contributed by atoms with E-state index in [4.69, 9.17) is 0 Å². The maximum absolute atomic E-state index is 11.1. The first kappa shape index (κ1) is 10.4. The quantitative estimate of drug-likeness (QED) is 0.677. The van der Waals surface area contributed by atoms with Gasteiger partial charge in [-0.25, -0.2) is 4.79 Å². The van der Waals surface area contributed by atoms with Crippen molar-refractivity contribution in [3.05, 3.63) is 5.82 Å². The molecular weight excluding hydrogens is 184 g/mol. The van der Waals surface area contributed by atoms with Crippen LogP contribution in [0.3, 0.4) is 0 Å². The van der Waals surface area contributed by atoms with Gasteiger partial charge in [-0.05, 0) is 5.21 Å². The largest absolute Gasteiger partial charge is 0.338 e. The van der Waals surface area contributed by atoms with Crippen LogP contribution in [0.4, 0.5) is 4.79 Å². The van der Waals surface area contributed by atoms with Gasteiger partial charge >= 0.3 is 6.03 Å². The topological polar surface area (TPSA) is 75.9 Å². The van der Waals surface area contributed by atoms with E-state index < -0.39 is 0 Å². The van der Waals surface area contributed by atoms with Crippen molar-refractivity contribution < 1.29 is 4.79 Å². The summed E-state index contributed by atoms with van der Waals surface area (Å²) in [5.74, 6) is 0.631. The van der Waals surface area contributed by atoms with Crippen molar-refractivity contribution in [1.82, 2.24) is 30.4 Å². The second-order valence-corrected chi connectivity index (χ2v) is 3.07. The van der Waals surface area contributed by atoms with Gasteiger partial charge in [0, 0.05) is 27.1 Å². The van der Waals surface area contributed by atoms with Gasteiger partial charge < -0.3 is 10.2 Å².